The third kappa shape index (κ3) is 2.52. The average molecular weight is 268 g/mol. The van der Waals surface area contributed by atoms with Gasteiger partial charge in [-0.1, -0.05) is 30.3 Å². The van der Waals surface area contributed by atoms with Crippen molar-refractivity contribution < 1.29 is 14.3 Å². The number of carbonyl (C=O) groups is 1. The number of hydrogen-bond acceptors (Lipinski definition) is 3. The van der Waals surface area contributed by atoms with Crippen LogP contribution in [0, 0.1) is 0 Å². The number of hydrogen-bond donors (Lipinski definition) is 0. The number of ketones is 1. The molecule has 20 heavy (non-hydrogen) atoms. The average Bonchev–Trinajstić information content (AvgIpc) is 2.48. The largest absolute Gasteiger partial charge is 0.497 e. The van der Waals surface area contributed by atoms with Crippen LogP contribution in [0.25, 0.3) is 0 Å². The Morgan fingerprint density at radius 3 is 2.75 bits per heavy atom. The minimum Gasteiger partial charge on any atom is -0.497 e. The maximum absolute atomic E-state index is 12.2. The van der Waals surface area contributed by atoms with Crippen molar-refractivity contribution >= 4 is 5.78 Å². The fraction of sp³-hybridized carbons (Fsp3) is 0.235. The van der Waals surface area contributed by atoms with Crippen molar-refractivity contribution in [2.24, 2.45) is 0 Å². The molecule has 1 atom stereocenters. The monoisotopic (exact) mass is 268 g/mol. The topological polar surface area (TPSA) is 35.5 Å². The highest BCUT2D eigenvalue weighted by molar-refractivity contribution is 6.00. The number of rotatable bonds is 3. The Bertz CT molecular complexity index is 619. The van der Waals surface area contributed by atoms with Gasteiger partial charge in [0.2, 0.25) is 0 Å². The summed E-state index contributed by atoms with van der Waals surface area (Å²) in [7, 11) is 1.59. The van der Waals surface area contributed by atoms with Gasteiger partial charge in [0.15, 0.2) is 5.78 Å². The van der Waals surface area contributed by atoms with Crippen molar-refractivity contribution in [3.8, 4) is 11.5 Å². The third-order valence-corrected chi connectivity index (χ3v) is 3.50. The van der Waals surface area contributed by atoms with Gasteiger partial charge in [-0.2, -0.15) is 0 Å². The summed E-state index contributed by atoms with van der Waals surface area (Å²) >= 11 is 0. The summed E-state index contributed by atoms with van der Waals surface area (Å²) in [6.45, 7) is 0. The highest BCUT2D eigenvalue weighted by Gasteiger charge is 2.26. The summed E-state index contributed by atoms with van der Waals surface area (Å²) in [5.41, 5.74) is 1.80. The van der Waals surface area contributed by atoms with Gasteiger partial charge in [0.05, 0.1) is 12.7 Å². The molecule has 0 aromatic heterocycles. The molecule has 0 saturated carbocycles. The molecular formula is C17H16O3. The summed E-state index contributed by atoms with van der Waals surface area (Å²) in [6, 6.07) is 15.5. The van der Waals surface area contributed by atoms with Crippen LogP contribution in [-0.4, -0.2) is 19.0 Å². The number of carbonyl (C=O) groups excluding carboxylic acids is 1. The molecule has 1 unspecified atom stereocenters. The molecule has 0 N–H and O–H groups in total. The van der Waals surface area contributed by atoms with Crippen molar-refractivity contribution in [1.29, 1.82) is 0 Å². The standard InChI is InChI=1S/C17H16O3/c1-19-13-7-8-17-15(10-13)16(18)11-14(20-17)9-12-5-3-2-4-6-12/h2-8,10,14H,9,11H2,1H3. The van der Waals surface area contributed by atoms with Gasteiger partial charge in [-0.05, 0) is 23.8 Å². The molecule has 1 heterocycles. The Kier molecular flexibility index (Phi) is 3.42. The lowest BCUT2D eigenvalue weighted by Gasteiger charge is -2.25. The third-order valence-electron chi connectivity index (χ3n) is 3.50. The first-order valence-corrected chi connectivity index (χ1v) is 6.68. The van der Waals surface area contributed by atoms with E-state index >= 15 is 0 Å². The van der Waals surface area contributed by atoms with Crippen molar-refractivity contribution in [1.82, 2.24) is 0 Å². The smallest absolute Gasteiger partial charge is 0.170 e. The van der Waals surface area contributed by atoms with Gasteiger partial charge >= 0.3 is 0 Å². The Balaban J connectivity index is 1.81. The molecule has 3 nitrogen and oxygen atoms in total. The molecular weight excluding hydrogens is 252 g/mol. The maximum atomic E-state index is 12.2. The van der Waals surface area contributed by atoms with Crippen LogP contribution in [0.2, 0.25) is 0 Å². The van der Waals surface area contributed by atoms with Crippen LogP contribution in [0.5, 0.6) is 11.5 Å². The normalized spacial score (nSPS) is 17.2. The van der Waals surface area contributed by atoms with Crippen LogP contribution in [0.15, 0.2) is 48.5 Å². The molecule has 1 aliphatic heterocycles. The Hall–Kier alpha value is -2.29. The summed E-state index contributed by atoms with van der Waals surface area (Å²) in [5, 5.41) is 0. The highest BCUT2D eigenvalue weighted by atomic mass is 16.5. The van der Waals surface area contributed by atoms with Gasteiger partial charge in [0, 0.05) is 12.8 Å². The fourth-order valence-corrected chi connectivity index (χ4v) is 2.49. The van der Waals surface area contributed by atoms with Crippen LogP contribution in [0.1, 0.15) is 22.3 Å². The molecule has 102 valence electrons. The van der Waals surface area contributed by atoms with E-state index in [4.69, 9.17) is 9.47 Å². The first kappa shape index (κ1) is 12.7. The molecule has 0 aliphatic carbocycles. The summed E-state index contributed by atoms with van der Waals surface area (Å²) in [6.07, 6.45) is 1.07. The van der Waals surface area contributed by atoms with Crippen LogP contribution in [0.3, 0.4) is 0 Å². The molecule has 0 bridgehead atoms. The zero-order chi connectivity index (χ0) is 13.9. The molecule has 3 rings (SSSR count). The first-order chi connectivity index (χ1) is 9.76. The molecule has 2 aromatic rings. The number of methoxy groups -OCH3 is 1. The zero-order valence-electron chi connectivity index (χ0n) is 11.3. The molecule has 1 aliphatic rings. The number of ether oxygens (including phenoxy) is 2. The molecule has 0 saturated heterocycles. The van der Waals surface area contributed by atoms with Gasteiger partial charge in [-0.15, -0.1) is 0 Å². The minimum atomic E-state index is -0.0919. The maximum Gasteiger partial charge on any atom is 0.170 e. The van der Waals surface area contributed by atoms with Crippen LogP contribution < -0.4 is 9.47 Å². The molecule has 0 amide bonds. The number of benzene rings is 2. The first-order valence-electron chi connectivity index (χ1n) is 6.68. The SMILES string of the molecule is COc1ccc2c(c1)C(=O)CC(Cc1ccccc1)O2. The van der Waals surface area contributed by atoms with E-state index in [9.17, 15) is 4.79 Å². The van der Waals surface area contributed by atoms with Gasteiger partial charge in [0.1, 0.15) is 17.6 Å². The van der Waals surface area contributed by atoms with Gasteiger partial charge in [0.25, 0.3) is 0 Å². The van der Waals surface area contributed by atoms with E-state index in [1.807, 2.05) is 30.3 Å². The number of fused-ring (bicyclic) bond motifs is 1. The molecule has 3 heteroatoms. The Morgan fingerprint density at radius 2 is 2.00 bits per heavy atom. The Labute approximate surface area is 118 Å². The van der Waals surface area contributed by atoms with E-state index in [0.717, 1.165) is 6.42 Å². The van der Waals surface area contributed by atoms with Crippen LogP contribution >= 0.6 is 0 Å². The van der Waals surface area contributed by atoms with Crippen molar-refractivity contribution in [3.63, 3.8) is 0 Å². The predicted molar refractivity (Wildman–Crippen MR) is 76.5 cm³/mol. The van der Waals surface area contributed by atoms with E-state index in [0.29, 0.717) is 23.5 Å². The lowest BCUT2D eigenvalue weighted by molar-refractivity contribution is 0.0850. The van der Waals surface area contributed by atoms with E-state index in [-0.39, 0.29) is 11.9 Å². The van der Waals surface area contributed by atoms with Gasteiger partial charge in [-0.25, -0.2) is 0 Å². The molecule has 2 aromatic carbocycles. The van der Waals surface area contributed by atoms with E-state index in [2.05, 4.69) is 12.1 Å². The Morgan fingerprint density at radius 1 is 1.20 bits per heavy atom. The second-order valence-corrected chi connectivity index (χ2v) is 4.92. The van der Waals surface area contributed by atoms with E-state index in [1.165, 1.54) is 5.56 Å². The quantitative estimate of drug-likeness (QED) is 0.857. The van der Waals surface area contributed by atoms with Crippen molar-refractivity contribution in [2.45, 2.75) is 18.9 Å². The van der Waals surface area contributed by atoms with Crippen LogP contribution in [0.4, 0.5) is 0 Å². The molecule has 0 radical (unpaired) electrons. The van der Waals surface area contributed by atoms with E-state index in [1.54, 1.807) is 13.2 Å². The van der Waals surface area contributed by atoms with Crippen molar-refractivity contribution in [2.75, 3.05) is 7.11 Å². The number of Topliss-reactive ketones (excluding diaryl/α,β-unsaturated/α-hetero) is 1. The molecule has 0 fully saturated rings. The van der Waals surface area contributed by atoms with Crippen LogP contribution in [-0.2, 0) is 6.42 Å². The summed E-state index contributed by atoms with van der Waals surface area (Å²) < 4.78 is 11.1. The van der Waals surface area contributed by atoms with E-state index < -0.39 is 0 Å². The summed E-state index contributed by atoms with van der Waals surface area (Å²) in [4.78, 5) is 12.2. The summed E-state index contributed by atoms with van der Waals surface area (Å²) in [5.74, 6) is 1.45. The van der Waals surface area contributed by atoms with Gasteiger partial charge in [-0.3, -0.25) is 4.79 Å². The molecule has 0 spiro atoms. The zero-order valence-corrected chi connectivity index (χ0v) is 11.3. The lowest BCUT2D eigenvalue weighted by Crippen LogP contribution is -2.28. The lowest BCUT2D eigenvalue weighted by atomic mass is 9.96. The minimum absolute atomic E-state index is 0.0919. The highest BCUT2D eigenvalue weighted by Crippen LogP contribution is 2.31. The predicted octanol–water partition coefficient (Wildman–Crippen LogP) is 3.27. The fourth-order valence-electron chi connectivity index (χ4n) is 2.49. The van der Waals surface area contributed by atoms with Gasteiger partial charge < -0.3 is 9.47 Å². The second kappa shape index (κ2) is 5.37. The second-order valence-electron chi connectivity index (χ2n) is 4.92. The van der Waals surface area contributed by atoms with Crippen molar-refractivity contribution in [3.05, 3.63) is 59.7 Å².